The third-order valence-electron chi connectivity index (χ3n) is 30.1. The molecule has 0 unspecified atom stereocenters. The van der Waals surface area contributed by atoms with Crippen LogP contribution in [0.15, 0.2) is 510 Å². The van der Waals surface area contributed by atoms with Crippen molar-refractivity contribution in [1.82, 2.24) is 36.5 Å². The maximum absolute atomic E-state index is 2.44. The van der Waals surface area contributed by atoms with E-state index in [1.54, 1.807) is 0 Å². The van der Waals surface area contributed by atoms with Crippen molar-refractivity contribution in [3.63, 3.8) is 0 Å². The van der Waals surface area contributed by atoms with Gasteiger partial charge in [0.2, 0.25) is 0 Å². The van der Waals surface area contributed by atoms with Gasteiger partial charge in [-0.2, -0.15) is 0 Å². The van der Waals surface area contributed by atoms with Crippen molar-refractivity contribution in [2.24, 2.45) is 28.2 Å². The number of hydrogen-bond acceptors (Lipinski definition) is 0. The molecule has 8 heteroatoms. The summed E-state index contributed by atoms with van der Waals surface area (Å²) in [6, 6.07) is 184. The highest BCUT2D eigenvalue weighted by Crippen LogP contribution is 2.47. The molecule has 144 heavy (non-hydrogen) atoms. The molecular weight excluding hydrogens is 1750 g/mol. The standard InChI is InChI=1S/2C37H26N2.2C31H22N2/c1-38-34-19-7-5-17-30(34)32-24-37-33(23-36(32)38)31-18-6-8-20-35(31)39(37)29-16-10-15-28(22-29)27-14-9-13-26(21-27)25-11-3-2-4-12-25;1-38-34-16-7-5-14-30(34)32-24-37-33(23-36(32)38)31-15-6-8-17-35(31)39(37)29-20-18-26(19-21-29)28-13-9-12-27(22-28)25-10-3-2-4-11-25;1-32-27-16-8-6-14-23(27)25-20-31-26(19-30(25)32)24-15-7-10-18-29(24)33(31)28-17-9-5-13-22(28)21-11-3-2-4-12-21;1-32-28-16-7-5-14-24(28)26-20-31-27(19-30(26)32)25-15-6-8-17-29(25)33(31)23-13-9-12-22(18-23)21-10-3-2-4-11-21/h2*2-24H,1H3;2*2-20H,1H3. The number of aromatic nitrogens is 8. The van der Waals surface area contributed by atoms with Gasteiger partial charge in [0.15, 0.2) is 0 Å². The molecular formula is C136H96N8. The smallest absolute Gasteiger partial charge is 0.0549 e. The van der Waals surface area contributed by atoms with E-state index in [2.05, 4.69) is 574 Å². The van der Waals surface area contributed by atoms with Gasteiger partial charge in [0.25, 0.3) is 0 Å². The number of hydrogen-bond donors (Lipinski definition) is 0. The van der Waals surface area contributed by atoms with Gasteiger partial charge in [-0.1, -0.05) is 358 Å². The van der Waals surface area contributed by atoms with Crippen molar-refractivity contribution in [1.29, 1.82) is 0 Å². The Bertz CT molecular complexity index is 10300. The summed E-state index contributed by atoms with van der Waals surface area (Å²) < 4.78 is 18.9. The lowest BCUT2D eigenvalue weighted by Crippen LogP contribution is -1.97. The Hall–Kier alpha value is -18.8. The summed E-state index contributed by atoms with van der Waals surface area (Å²) >= 11 is 0. The molecule has 0 fully saturated rings. The number of para-hydroxylation sites is 9. The van der Waals surface area contributed by atoms with Crippen LogP contribution in [-0.4, -0.2) is 36.5 Å². The molecule has 680 valence electrons. The van der Waals surface area contributed by atoms with E-state index >= 15 is 0 Å². The van der Waals surface area contributed by atoms with Crippen molar-refractivity contribution in [2.75, 3.05) is 0 Å². The van der Waals surface area contributed by atoms with Crippen LogP contribution in [0.25, 0.3) is 264 Å². The Morgan fingerprint density at radius 3 is 0.653 bits per heavy atom. The summed E-state index contributed by atoms with van der Waals surface area (Å²) in [6.07, 6.45) is 0. The molecule has 0 N–H and O–H groups in total. The van der Waals surface area contributed by atoms with E-state index in [0.29, 0.717) is 0 Å². The quantitative estimate of drug-likeness (QED) is 0.131. The predicted molar refractivity (Wildman–Crippen MR) is 612 cm³/mol. The van der Waals surface area contributed by atoms with Crippen LogP contribution in [0.4, 0.5) is 0 Å². The molecule has 8 heterocycles. The van der Waals surface area contributed by atoms with Gasteiger partial charge in [-0.3, -0.25) is 0 Å². The zero-order valence-electron chi connectivity index (χ0n) is 80.1. The molecule has 0 aliphatic heterocycles. The van der Waals surface area contributed by atoms with Crippen LogP contribution >= 0.6 is 0 Å². The molecule has 8 aromatic heterocycles. The summed E-state index contributed by atoms with van der Waals surface area (Å²) in [7, 11) is 8.67. The van der Waals surface area contributed by atoms with Crippen molar-refractivity contribution < 1.29 is 0 Å². The molecule has 22 aromatic carbocycles. The zero-order chi connectivity index (χ0) is 95.7. The molecule has 30 aromatic rings. The molecule has 30 rings (SSSR count). The maximum atomic E-state index is 2.44. The zero-order valence-corrected chi connectivity index (χ0v) is 80.1. The fourth-order valence-electron chi connectivity index (χ4n) is 23.2. The normalized spacial score (nSPS) is 11.8. The van der Waals surface area contributed by atoms with Crippen LogP contribution in [-0.2, 0) is 28.2 Å². The first-order valence-electron chi connectivity index (χ1n) is 49.6. The van der Waals surface area contributed by atoms with Crippen LogP contribution in [0, 0.1) is 0 Å². The number of fused-ring (bicyclic) bond motifs is 24. The van der Waals surface area contributed by atoms with Crippen molar-refractivity contribution in [3.8, 4) is 89.5 Å². The lowest BCUT2D eigenvalue weighted by Gasteiger charge is -2.14. The SMILES string of the molecule is Cn1c2ccccc2c2cc3c(cc21)c1ccccc1n3-c1ccc(-c2cccc(-c3ccccc3)c2)cc1.Cn1c2ccccc2c2cc3c(cc21)c1ccccc1n3-c1cccc(-c2cccc(-c3ccccc3)c2)c1.Cn1c2ccccc2c2cc3c(cc21)c1ccccc1n3-c1cccc(-c2ccccc2)c1.Cn1c2ccccc2c2cc3c(cc21)c1ccccc1n3-c1ccccc1-c1ccccc1. The third-order valence-corrected chi connectivity index (χ3v) is 30.1. The van der Waals surface area contributed by atoms with Crippen molar-refractivity contribution >= 4 is 174 Å². The lowest BCUT2D eigenvalue weighted by molar-refractivity contribution is 1.02. The van der Waals surface area contributed by atoms with Crippen LogP contribution in [0.1, 0.15) is 0 Å². The Kier molecular flexibility index (Phi) is 20.4. The second-order valence-electron chi connectivity index (χ2n) is 38.1. The van der Waals surface area contributed by atoms with Crippen LogP contribution < -0.4 is 0 Å². The molecule has 0 aliphatic rings. The van der Waals surface area contributed by atoms with Gasteiger partial charge in [-0.25, -0.2) is 0 Å². The largest absolute Gasteiger partial charge is 0.344 e. The average molecular weight is 1840 g/mol. The molecule has 0 aliphatic carbocycles. The monoisotopic (exact) mass is 1840 g/mol. The molecule has 0 spiro atoms. The summed E-state index contributed by atoms with van der Waals surface area (Å²) in [4.78, 5) is 0. The Morgan fingerprint density at radius 1 is 0.111 bits per heavy atom. The van der Waals surface area contributed by atoms with Crippen LogP contribution in [0.5, 0.6) is 0 Å². The minimum atomic E-state index is 1.17. The lowest BCUT2D eigenvalue weighted by atomic mass is 9.99. The Morgan fingerprint density at radius 2 is 0.319 bits per heavy atom. The molecule has 0 bridgehead atoms. The maximum Gasteiger partial charge on any atom is 0.0549 e. The van der Waals surface area contributed by atoms with Crippen LogP contribution in [0.3, 0.4) is 0 Å². The number of nitrogens with zero attached hydrogens (tertiary/aromatic N) is 8. The number of aryl methyl sites for hydroxylation is 4. The van der Waals surface area contributed by atoms with Crippen molar-refractivity contribution in [3.05, 3.63) is 510 Å². The molecule has 0 amide bonds. The molecule has 0 saturated carbocycles. The number of rotatable bonds is 10. The molecule has 8 nitrogen and oxygen atoms in total. The summed E-state index contributed by atoms with van der Waals surface area (Å²) in [5, 5.41) is 20.6. The topological polar surface area (TPSA) is 39.4 Å². The van der Waals surface area contributed by atoms with E-state index in [4.69, 9.17) is 0 Å². The average Bonchev–Trinajstić information content (AvgIpc) is 1.57. The van der Waals surface area contributed by atoms with Gasteiger partial charge in [0.05, 0.1) is 49.8 Å². The number of benzene rings is 22. The van der Waals surface area contributed by atoms with E-state index in [9.17, 15) is 0 Å². The second-order valence-corrected chi connectivity index (χ2v) is 38.1. The molecule has 0 atom stereocenters. The minimum Gasteiger partial charge on any atom is -0.344 e. The van der Waals surface area contributed by atoms with E-state index in [1.807, 2.05) is 0 Å². The highest BCUT2D eigenvalue weighted by molar-refractivity contribution is 6.23. The van der Waals surface area contributed by atoms with E-state index in [1.165, 1.54) is 264 Å². The Labute approximate surface area is 832 Å². The van der Waals surface area contributed by atoms with Gasteiger partial charge >= 0.3 is 0 Å². The van der Waals surface area contributed by atoms with Gasteiger partial charge in [-0.15, -0.1) is 0 Å². The fraction of sp³-hybridized carbons (Fsp3) is 0.0294. The summed E-state index contributed by atoms with van der Waals surface area (Å²) in [5.41, 5.74) is 39.4. The van der Waals surface area contributed by atoms with E-state index in [-0.39, 0.29) is 0 Å². The summed E-state index contributed by atoms with van der Waals surface area (Å²) in [5.74, 6) is 0. The predicted octanol–water partition coefficient (Wildman–Crippen LogP) is 35.7. The van der Waals surface area contributed by atoms with E-state index in [0.717, 1.165) is 0 Å². The van der Waals surface area contributed by atoms with Gasteiger partial charge in [-0.05, 0) is 213 Å². The first-order valence-corrected chi connectivity index (χ1v) is 49.6. The second kappa shape index (κ2) is 34.7. The van der Waals surface area contributed by atoms with Gasteiger partial charge < -0.3 is 36.5 Å². The Balaban J connectivity index is 0.0000000959. The fourth-order valence-corrected chi connectivity index (χ4v) is 23.2. The highest BCUT2D eigenvalue weighted by atomic mass is 15.0. The van der Waals surface area contributed by atoms with Crippen molar-refractivity contribution in [2.45, 2.75) is 0 Å². The minimum absolute atomic E-state index is 1.17. The third kappa shape index (κ3) is 14.0. The van der Waals surface area contributed by atoms with Gasteiger partial charge in [0, 0.05) is 181 Å². The van der Waals surface area contributed by atoms with Crippen LogP contribution in [0.2, 0.25) is 0 Å². The van der Waals surface area contributed by atoms with Gasteiger partial charge in [0.1, 0.15) is 0 Å². The molecule has 0 radical (unpaired) electrons. The highest BCUT2D eigenvalue weighted by Gasteiger charge is 2.25. The van der Waals surface area contributed by atoms with E-state index < -0.39 is 0 Å². The summed E-state index contributed by atoms with van der Waals surface area (Å²) in [6.45, 7) is 0. The first kappa shape index (κ1) is 84.5. The first-order chi connectivity index (χ1) is 71.1. The molecule has 0 saturated heterocycles.